The maximum absolute atomic E-state index is 11.9. The van der Waals surface area contributed by atoms with Gasteiger partial charge in [0.1, 0.15) is 11.6 Å². The summed E-state index contributed by atoms with van der Waals surface area (Å²) in [5.74, 6) is -0.0845. The van der Waals surface area contributed by atoms with Crippen LogP contribution in [0.2, 0.25) is 0 Å². The molecular weight excluding hydrogens is 262 g/mol. The standard InChI is InChI=1S/C13H21N3O2S/c1-13(2,12-15-7-8-19-12)16-11(17)9-18-10-3-5-14-6-4-10/h7-8,10,14H,3-6,9H2,1-2H3,(H,16,17). The fourth-order valence-corrected chi connectivity index (χ4v) is 2.84. The molecule has 0 radical (unpaired) electrons. The topological polar surface area (TPSA) is 63.2 Å². The van der Waals surface area contributed by atoms with Crippen LogP contribution in [0.3, 0.4) is 0 Å². The predicted molar refractivity (Wildman–Crippen MR) is 75.1 cm³/mol. The van der Waals surface area contributed by atoms with Crippen molar-refractivity contribution >= 4 is 17.2 Å². The number of thiazole rings is 1. The molecule has 1 aliphatic rings. The van der Waals surface area contributed by atoms with Crippen LogP contribution in [0.5, 0.6) is 0 Å². The van der Waals surface area contributed by atoms with E-state index in [0.29, 0.717) is 0 Å². The summed E-state index contributed by atoms with van der Waals surface area (Å²) >= 11 is 1.54. The van der Waals surface area contributed by atoms with Crippen molar-refractivity contribution in [3.63, 3.8) is 0 Å². The molecule has 1 amide bonds. The van der Waals surface area contributed by atoms with Gasteiger partial charge in [-0.05, 0) is 39.8 Å². The van der Waals surface area contributed by atoms with Crippen LogP contribution in [-0.2, 0) is 15.1 Å². The molecule has 2 N–H and O–H groups in total. The first kappa shape index (κ1) is 14.4. The molecule has 0 unspecified atom stereocenters. The molecule has 0 bridgehead atoms. The fraction of sp³-hybridized carbons (Fsp3) is 0.692. The van der Waals surface area contributed by atoms with E-state index in [1.54, 1.807) is 17.5 Å². The Balaban J connectivity index is 1.77. The second kappa shape index (κ2) is 6.45. The van der Waals surface area contributed by atoms with E-state index >= 15 is 0 Å². The molecular formula is C13H21N3O2S. The van der Waals surface area contributed by atoms with Crippen LogP contribution in [0.4, 0.5) is 0 Å². The highest BCUT2D eigenvalue weighted by Crippen LogP contribution is 2.21. The minimum Gasteiger partial charge on any atom is -0.368 e. The van der Waals surface area contributed by atoms with Gasteiger partial charge in [-0.2, -0.15) is 0 Å². The average Bonchev–Trinajstić information content (AvgIpc) is 2.92. The fourth-order valence-electron chi connectivity index (χ4n) is 2.13. The number of hydrogen-bond acceptors (Lipinski definition) is 5. The quantitative estimate of drug-likeness (QED) is 0.854. The van der Waals surface area contributed by atoms with Crippen LogP contribution in [0.15, 0.2) is 11.6 Å². The SMILES string of the molecule is CC(C)(NC(=O)COC1CCNCC1)c1nccs1. The molecule has 6 heteroatoms. The number of ether oxygens (including phenoxy) is 1. The molecule has 1 aliphatic heterocycles. The second-order valence-corrected chi connectivity index (χ2v) is 6.17. The van der Waals surface area contributed by atoms with Crippen molar-refractivity contribution < 1.29 is 9.53 Å². The Bertz CT molecular complexity index is 400. The van der Waals surface area contributed by atoms with Gasteiger partial charge < -0.3 is 15.4 Å². The van der Waals surface area contributed by atoms with Crippen LogP contribution in [0.25, 0.3) is 0 Å². The van der Waals surface area contributed by atoms with Crippen LogP contribution in [0, 0.1) is 0 Å². The van der Waals surface area contributed by atoms with Crippen molar-refractivity contribution in [2.24, 2.45) is 0 Å². The zero-order valence-electron chi connectivity index (χ0n) is 11.4. The van der Waals surface area contributed by atoms with E-state index in [4.69, 9.17) is 4.74 Å². The highest BCUT2D eigenvalue weighted by molar-refractivity contribution is 7.09. The molecule has 106 valence electrons. The highest BCUT2D eigenvalue weighted by atomic mass is 32.1. The molecule has 19 heavy (non-hydrogen) atoms. The normalized spacial score (nSPS) is 17.4. The molecule has 1 aromatic rings. The Labute approximate surface area is 117 Å². The van der Waals surface area contributed by atoms with E-state index in [1.165, 1.54) is 0 Å². The first-order valence-electron chi connectivity index (χ1n) is 6.61. The molecule has 1 saturated heterocycles. The van der Waals surface area contributed by atoms with Crippen LogP contribution >= 0.6 is 11.3 Å². The Hall–Kier alpha value is -0.980. The zero-order valence-corrected chi connectivity index (χ0v) is 12.3. The van der Waals surface area contributed by atoms with Gasteiger partial charge in [-0.25, -0.2) is 4.98 Å². The third-order valence-electron chi connectivity index (χ3n) is 3.16. The Kier molecular flexibility index (Phi) is 4.90. The van der Waals surface area contributed by atoms with Crippen molar-refractivity contribution in [2.75, 3.05) is 19.7 Å². The van der Waals surface area contributed by atoms with E-state index in [0.717, 1.165) is 30.9 Å². The molecule has 0 atom stereocenters. The Morgan fingerprint density at radius 3 is 2.95 bits per heavy atom. The number of nitrogens with zero attached hydrogens (tertiary/aromatic N) is 1. The third-order valence-corrected chi connectivity index (χ3v) is 4.25. The summed E-state index contributed by atoms with van der Waals surface area (Å²) < 4.78 is 5.64. The lowest BCUT2D eigenvalue weighted by atomic mass is 10.1. The number of amides is 1. The van der Waals surface area contributed by atoms with Crippen molar-refractivity contribution in [3.8, 4) is 0 Å². The number of carbonyl (C=O) groups is 1. The monoisotopic (exact) mass is 283 g/mol. The minimum absolute atomic E-state index is 0.0845. The van der Waals surface area contributed by atoms with Crippen LogP contribution in [0.1, 0.15) is 31.7 Å². The maximum Gasteiger partial charge on any atom is 0.246 e. The number of carbonyl (C=O) groups excluding carboxylic acids is 1. The van der Waals surface area contributed by atoms with E-state index < -0.39 is 5.54 Å². The summed E-state index contributed by atoms with van der Waals surface area (Å²) in [4.78, 5) is 16.2. The lowest BCUT2D eigenvalue weighted by Crippen LogP contribution is -2.43. The van der Waals surface area contributed by atoms with E-state index in [9.17, 15) is 4.79 Å². The van der Waals surface area contributed by atoms with Gasteiger partial charge in [0.15, 0.2) is 0 Å². The Morgan fingerprint density at radius 2 is 2.32 bits per heavy atom. The number of nitrogens with one attached hydrogen (secondary N) is 2. The number of hydrogen-bond donors (Lipinski definition) is 2. The molecule has 1 fully saturated rings. The molecule has 2 rings (SSSR count). The van der Waals surface area contributed by atoms with Crippen LogP contribution in [-0.4, -0.2) is 36.7 Å². The molecule has 5 nitrogen and oxygen atoms in total. The van der Waals surface area contributed by atoms with Crippen LogP contribution < -0.4 is 10.6 Å². The minimum atomic E-state index is -0.442. The Morgan fingerprint density at radius 1 is 1.58 bits per heavy atom. The first-order valence-corrected chi connectivity index (χ1v) is 7.49. The van der Waals surface area contributed by atoms with Crippen molar-refractivity contribution in [1.29, 1.82) is 0 Å². The van der Waals surface area contributed by atoms with Gasteiger partial charge >= 0.3 is 0 Å². The average molecular weight is 283 g/mol. The van der Waals surface area contributed by atoms with Crippen molar-refractivity contribution in [3.05, 3.63) is 16.6 Å². The summed E-state index contributed by atoms with van der Waals surface area (Å²) in [6.45, 7) is 5.97. The summed E-state index contributed by atoms with van der Waals surface area (Å²) in [6.07, 6.45) is 3.90. The van der Waals surface area contributed by atoms with Gasteiger partial charge in [0, 0.05) is 11.6 Å². The lowest BCUT2D eigenvalue weighted by molar-refractivity contribution is -0.130. The van der Waals surface area contributed by atoms with E-state index in [2.05, 4.69) is 15.6 Å². The van der Waals surface area contributed by atoms with E-state index in [1.807, 2.05) is 19.2 Å². The number of aromatic nitrogens is 1. The van der Waals surface area contributed by atoms with Gasteiger partial charge in [-0.15, -0.1) is 11.3 Å². The first-order chi connectivity index (χ1) is 9.08. The maximum atomic E-state index is 11.9. The number of rotatable bonds is 5. The largest absolute Gasteiger partial charge is 0.368 e. The second-order valence-electron chi connectivity index (χ2n) is 5.27. The molecule has 2 heterocycles. The van der Waals surface area contributed by atoms with E-state index in [-0.39, 0.29) is 18.6 Å². The molecule has 0 aliphatic carbocycles. The lowest BCUT2D eigenvalue weighted by Gasteiger charge is -2.26. The molecule has 0 saturated carbocycles. The van der Waals surface area contributed by atoms with Gasteiger partial charge in [0.2, 0.25) is 5.91 Å². The molecule has 0 spiro atoms. The smallest absolute Gasteiger partial charge is 0.246 e. The van der Waals surface area contributed by atoms with Gasteiger partial charge in [0.25, 0.3) is 0 Å². The van der Waals surface area contributed by atoms with Gasteiger partial charge in [0.05, 0.1) is 11.6 Å². The van der Waals surface area contributed by atoms with Gasteiger partial charge in [-0.3, -0.25) is 4.79 Å². The summed E-state index contributed by atoms with van der Waals surface area (Å²) in [6, 6.07) is 0. The van der Waals surface area contributed by atoms with Crippen molar-refractivity contribution in [2.45, 2.75) is 38.3 Å². The van der Waals surface area contributed by atoms with Gasteiger partial charge in [-0.1, -0.05) is 0 Å². The molecule has 1 aromatic heterocycles. The summed E-state index contributed by atoms with van der Waals surface area (Å²) in [5, 5.41) is 9.06. The third kappa shape index (κ3) is 4.26. The molecule has 0 aromatic carbocycles. The van der Waals surface area contributed by atoms with Crippen molar-refractivity contribution in [1.82, 2.24) is 15.6 Å². The zero-order chi connectivity index (χ0) is 13.7. The summed E-state index contributed by atoms with van der Waals surface area (Å²) in [5.41, 5.74) is -0.442. The summed E-state index contributed by atoms with van der Waals surface area (Å²) in [7, 11) is 0. The number of piperidine rings is 1. The predicted octanol–water partition coefficient (Wildman–Crippen LogP) is 1.26. The highest BCUT2D eigenvalue weighted by Gasteiger charge is 2.26.